The smallest absolute Gasteiger partial charge is 0.254 e. The molecule has 0 unspecified atom stereocenters. The van der Waals surface area contributed by atoms with Crippen LogP contribution in [0.5, 0.6) is 5.75 Å². The number of aromatic hydroxyl groups is 1. The van der Waals surface area contributed by atoms with E-state index < -0.39 is 51.9 Å². The number of hydrogen-bond acceptors (Lipinski definition) is 8. The fraction of sp³-hybridized carbons (Fsp3) is 0.300. The van der Waals surface area contributed by atoms with Gasteiger partial charge in [-0.2, -0.15) is 0 Å². The van der Waals surface area contributed by atoms with E-state index in [4.69, 9.17) is 11.1 Å². The number of Topliss-reactive ketones (excluding diaryl/α,β-unsaturated/α-hetero) is 1. The standard InChI is InChI=1S/C20H18N2O7/c21-17-15(19(22)28)12(25)5-9-3-8-4-10-7(6-23)1-2-11(24)14(10)16(26)13(8)18(27)20(9,17)29/h1-2,6,8-9,21,24-25,27,29H,3-5H2,(H2,22,28)/t8-,9+,20-/m1/s1. The molecular weight excluding hydrogens is 380 g/mol. The van der Waals surface area contributed by atoms with Gasteiger partial charge < -0.3 is 31.6 Å². The molecule has 0 saturated heterocycles. The van der Waals surface area contributed by atoms with Crippen LogP contribution in [0.15, 0.2) is 34.8 Å². The summed E-state index contributed by atoms with van der Waals surface area (Å²) in [4.78, 5) is 36.2. The zero-order chi connectivity index (χ0) is 21.2. The van der Waals surface area contributed by atoms with Crippen LogP contribution >= 0.6 is 0 Å². The first-order valence-electron chi connectivity index (χ1n) is 8.94. The zero-order valence-electron chi connectivity index (χ0n) is 15.1. The number of allylic oxidation sites excluding steroid dienone is 2. The molecule has 9 heteroatoms. The summed E-state index contributed by atoms with van der Waals surface area (Å²) in [7, 11) is 0. The Labute approximate surface area is 164 Å². The van der Waals surface area contributed by atoms with Crippen LogP contribution in [0.4, 0.5) is 0 Å². The summed E-state index contributed by atoms with van der Waals surface area (Å²) < 4.78 is 0. The first-order valence-corrected chi connectivity index (χ1v) is 8.94. The van der Waals surface area contributed by atoms with Crippen LogP contribution in [0.25, 0.3) is 0 Å². The van der Waals surface area contributed by atoms with Gasteiger partial charge in [0.25, 0.3) is 5.91 Å². The number of carbonyl (C=O) groups is 3. The lowest BCUT2D eigenvalue weighted by atomic mass is 9.60. The van der Waals surface area contributed by atoms with Gasteiger partial charge in [0.2, 0.25) is 0 Å². The molecule has 3 aliphatic rings. The number of phenols is 1. The van der Waals surface area contributed by atoms with E-state index in [0.29, 0.717) is 11.8 Å². The minimum Gasteiger partial charge on any atom is -0.511 e. The molecule has 29 heavy (non-hydrogen) atoms. The molecule has 150 valence electrons. The molecule has 3 aliphatic carbocycles. The lowest BCUT2D eigenvalue weighted by molar-refractivity contribution is -0.114. The molecular formula is C20H18N2O7. The number of benzene rings is 1. The maximum Gasteiger partial charge on any atom is 0.254 e. The van der Waals surface area contributed by atoms with Crippen molar-refractivity contribution in [2.24, 2.45) is 17.6 Å². The summed E-state index contributed by atoms with van der Waals surface area (Å²) in [6.07, 6.45) is 0.611. The highest BCUT2D eigenvalue weighted by Crippen LogP contribution is 2.51. The van der Waals surface area contributed by atoms with Crippen LogP contribution in [0, 0.1) is 17.2 Å². The Hall–Kier alpha value is -3.46. The van der Waals surface area contributed by atoms with E-state index in [1.807, 2.05) is 0 Å². The molecule has 0 radical (unpaired) electrons. The summed E-state index contributed by atoms with van der Waals surface area (Å²) >= 11 is 0. The molecule has 9 nitrogen and oxygen atoms in total. The van der Waals surface area contributed by atoms with Crippen molar-refractivity contribution >= 4 is 23.7 Å². The number of carbonyl (C=O) groups excluding carboxylic acids is 3. The van der Waals surface area contributed by atoms with E-state index >= 15 is 0 Å². The van der Waals surface area contributed by atoms with Gasteiger partial charge in [-0.15, -0.1) is 0 Å². The number of aliphatic hydroxyl groups excluding tert-OH is 2. The monoisotopic (exact) mass is 398 g/mol. The van der Waals surface area contributed by atoms with Gasteiger partial charge in [0.1, 0.15) is 29.1 Å². The minimum absolute atomic E-state index is 0.105. The summed E-state index contributed by atoms with van der Waals surface area (Å²) in [5.74, 6) is -4.97. The third-order valence-electron chi connectivity index (χ3n) is 6.17. The highest BCUT2D eigenvalue weighted by Gasteiger charge is 2.57. The number of hydrogen-bond donors (Lipinski definition) is 6. The van der Waals surface area contributed by atoms with Crippen LogP contribution < -0.4 is 5.73 Å². The predicted molar refractivity (Wildman–Crippen MR) is 98.9 cm³/mol. The van der Waals surface area contributed by atoms with Crippen LogP contribution in [-0.2, 0) is 11.2 Å². The SMILES string of the molecule is N=C1C(C(N)=O)=C(O)C[C@@H]2C[C@@H]3Cc4c(C=O)ccc(O)c4C(=O)C3=C(O)[C@]12O. The Morgan fingerprint density at radius 3 is 2.55 bits per heavy atom. The number of amides is 1. The van der Waals surface area contributed by atoms with Gasteiger partial charge in [-0.05, 0) is 36.5 Å². The third-order valence-corrected chi connectivity index (χ3v) is 6.17. The normalized spacial score (nSPS) is 28.6. The summed E-state index contributed by atoms with van der Waals surface area (Å²) in [6.45, 7) is 0. The molecule has 0 bridgehead atoms. The van der Waals surface area contributed by atoms with Crippen molar-refractivity contribution in [1.82, 2.24) is 0 Å². The lowest BCUT2D eigenvalue weighted by Crippen LogP contribution is -2.57. The van der Waals surface area contributed by atoms with Gasteiger partial charge in [-0.25, -0.2) is 0 Å². The predicted octanol–water partition coefficient (Wildman–Crippen LogP) is 0.844. The van der Waals surface area contributed by atoms with E-state index in [1.165, 1.54) is 12.1 Å². The number of nitrogens with two attached hydrogens (primary N) is 1. The van der Waals surface area contributed by atoms with E-state index in [9.17, 15) is 34.8 Å². The van der Waals surface area contributed by atoms with Crippen molar-refractivity contribution in [1.29, 1.82) is 5.41 Å². The van der Waals surface area contributed by atoms with Crippen molar-refractivity contribution in [3.05, 3.63) is 51.5 Å². The number of nitrogens with one attached hydrogen (secondary N) is 1. The zero-order valence-corrected chi connectivity index (χ0v) is 15.1. The number of aldehydes is 1. The van der Waals surface area contributed by atoms with Crippen molar-refractivity contribution in [2.45, 2.75) is 24.9 Å². The van der Waals surface area contributed by atoms with Crippen LogP contribution in [-0.4, -0.2) is 49.7 Å². The van der Waals surface area contributed by atoms with Gasteiger partial charge >= 0.3 is 0 Å². The van der Waals surface area contributed by atoms with Gasteiger partial charge in [0.15, 0.2) is 11.4 Å². The average molecular weight is 398 g/mol. The molecule has 1 aromatic rings. The molecule has 0 spiro atoms. The molecule has 0 saturated carbocycles. The van der Waals surface area contributed by atoms with E-state index in [-0.39, 0.29) is 41.7 Å². The highest BCUT2D eigenvalue weighted by atomic mass is 16.3. The summed E-state index contributed by atoms with van der Waals surface area (Å²) in [5, 5.41) is 50.6. The molecule has 0 heterocycles. The van der Waals surface area contributed by atoms with Gasteiger partial charge in [0, 0.05) is 23.5 Å². The number of fused-ring (bicyclic) bond motifs is 3. The Balaban J connectivity index is 1.93. The van der Waals surface area contributed by atoms with Crippen molar-refractivity contribution < 1.29 is 34.8 Å². The minimum atomic E-state index is -2.37. The lowest BCUT2D eigenvalue weighted by Gasteiger charge is -2.47. The number of aliphatic hydroxyl groups is 3. The first-order chi connectivity index (χ1) is 13.6. The van der Waals surface area contributed by atoms with E-state index in [1.54, 1.807) is 0 Å². The average Bonchev–Trinajstić information content (AvgIpc) is 2.64. The summed E-state index contributed by atoms with van der Waals surface area (Å²) in [6, 6.07) is 2.60. The fourth-order valence-corrected chi connectivity index (χ4v) is 4.81. The van der Waals surface area contributed by atoms with Crippen LogP contribution in [0.1, 0.15) is 39.1 Å². The second-order valence-electron chi connectivity index (χ2n) is 7.60. The van der Waals surface area contributed by atoms with Crippen molar-refractivity contribution in [3.8, 4) is 5.75 Å². The third kappa shape index (κ3) is 2.31. The quantitative estimate of drug-likeness (QED) is 0.399. The first kappa shape index (κ1) is 18.9. The molecule has 0 fully saturated rings. The van der Waals surface area contributed by atoms with Crippen molar-refractivity contribution in [3.63, 3.8) is 0 Å². The maximum absolute atomic E-state index is 13.1. The molecule has 0 aliphatic heterocycles. The topological polar surface area (TPSA) is 182 Å². The molecule has 1 amide bonds. The van der Waals surface area contributed by atoms with Gasteiger partial charge in [-0.3, -0.25) is 14.4 Å². The van der Waals surface area contributed by atoms with Gasteiger partial charge in [-0.1, -0.05) is 0 Å². The molecule has 0 aromatic heterocycles. The van der Waals surface area contributed by atoms with Crippen molar-refractivity contribution in [2.75, 3.05) is 0 Å². The number of rotatable bonds is 2. The Morgan fingerprint density at radius 1 is 1.24 bits per heavy atom. The molecule has 1 aromatic carbocycles. The Kier molecular flexibility index (Phi) is 3.92. The maximum atomic E-state index is 13.1. The highest BCUT2D eigenvalue weighted by molar-refractivity contribution is 6.25. The summed E-state index contributed by atoms with van der Waals surface area (Å²) in [5.41, 5.74) is 1.75. The largest absolute Gasteiger partial charge is 0.511 e. The number of phenolic OH excluding ortho intramolecular Hbond substituents is 1. The Morgan fingerprint density at radius 2 is 1.93 bits per heavy atom. The number of primary amides is 1. The second-order valence-corrected chi connectivity index (χ2v) is 7.60. The van der Waals surface area contributed by atoms with E-state index in [2.05, 4.69) is 0 Å². The molecule has 7 N–H and O–H groups in total. The Bertz CT molecular complexity index is 1080. The molecule has 3 atom stereocenters. The van der Waals surface area contributed by atoms with E-state index in [0.717, 1.165) is 0 Å². The van der Waals surface area contributed by atoms with Crippen LogP contribution in [0.2, 0.25) is 0 Å². The molecule has 4 rings (SSSR count). The number of ketones is 1. The fourth-order valence-electron chi connectivity index (χ4n) is 4.81. The van der Waals surface area contributed by atoms with Gasteiger partial charge in [0.05, 0.1) is 11.3 Å². The second kappa shape index (κ2) is 6.02. The van der Waals surface area contributed by atoms with Crippen LogP contribution in [0.3, 0.4) is 0 Å².